The molecule has 1 rings (SSSR count). The van der Waals surface area contributed by atoms with E-state index in [0.29, 0.717) is 22.7 Å². The van der Waals surface area contributed by atoms with E-state index in [2.05, 4.69) is 4.98 Å². The Balaban J connectivity index is 3.31. The highest BCUT2D eigenvalue weighted by Crippen LogP contribution is 2.16. The lowest BCUT2D eigenvalue weighted by atomic mass is 10.1. The molecule has 64 valence electrons. The van der Waals surface area contributed by atoms with Crippen molar-refractivity contribution in [3.63, 3.8) is 0 Å². The lowest BCUT2D eigenvalue weighted by Crippen LogP contribution is -2.03. The predicted molar refractivity (Wildman–Crippen MR) is 47.7 cm³/mol. The van der Waals surface area contributed by atoms with Crippen molar-refractivity contribution in [3.8, 4) is 0 Å². The maximum Gasteiger partial charge on any atom is 0.162 e. The fourth-order valence-corrected chi connectivity index (χ4v) is 1.12. The molecule has 0 bridgehead atoms. The van der Waals surface area contributed by atoms with E-state index < -0.39 is 0 Å². The molecule has 4 heteroatoms. The number of H-pyrrole nitrogens is 1. The van der Waals surface area contributed by atoms with E-state index in [-0.39, 0.29) is 5.78 Å². The molecule has 0 radical (unpaired) electrons. The minimum atomic E-state index is -0.0791. The molecule has 12 heavy (non-hydrogen) atoms. The van der Waals surface area contributed by atoms with Gasteiger partial charge in [0.25, 0.3) is 0 Å². The standard InChI is InChI=1S/C8H11N3O/c1-4(9)7-6(5(2)12)3-11-8(7)10/h3,9,11H,10H2,1-2H3. The van der Waals surface area contributed by atoms with Gasteiger partial charge < -0.3 is 16.1 Å². The van der Waals surface area contributed by atoms with Gasteiger partial charge in [-0.25, -0.2) is 0 Å². The van der Waals surface area contributed by atoms with Crippen LogP contribution in [0.1, 0.15) is 29.8 Å². The predicted octanol–water partition coefficient (Wildman–Crippen LogP) is 1.19. The topological polar surface area (TPSA) is 82.7 Å². The molecule has 0 aromatic carbocycles. The summed E-state index contributed by atoms with van der Waals surface area (Å²) in [4.78, 5) is 13.7. The van der Waals surface area contributed by atoms with Crippen LogP contribution in [0.3, 0.4) is 0 Å². The van der Waals surface area contributed by atoms with Crippen LogP contribution in [0, 0.1) is 5.41 Å². The molecule has 0 saturated heterocycles. The molecule has 0 unspecified atom stereocenters. The summed E-state index contributed by atoms with van der Waals surface area (Å²) in [5.74, 6) is 0.303. The third-order valence-electron chi connectivity index (χ3n) is 1.66. The number of ketones is 1. The molecule has 1 aromatic rings. The molecule has 0 atom stereocenters. The Hall–Kier alpha value is -1.58. The number of carbonyl (C=O) groups is 1. The Morgan fingerprint density at radius 2 is 2.17 bits per heavy atom. The number of nitrogen functional groups attached to an aromatic ring is 1. The van der Waals surface area contributed by atoms with Crippen molar-refractivity contribution in [2.24, 2.45) is 0 Å². The summed E-state index contributed by atoms with van der Waals surface area (Å²) < 4.78 is 0. The van der Waals surface area contributed by atoms with Gasteiger partial charge in [0.15, 0.2) is 5.78 Å². The average molecular weight is 165 g/mol. The van der Waals surface area contributed by atoms with Gasteiger partial charge in [0.2, 0.25) is 0 Å². The number of anilines is 1. The summed E-state index contributed by atoms with van der Waals surface area (Å²) in [6.07, 6.45) is 1.53. The van der Waals surface area contributed by atoms with Gasteiger partial charge in [0.05, 0.1) is 0 Å². The van der Waals surface area contributed by atoms with Crippen molar-refractivity contribution < 1.29 is 4.79 Å². The normalized spacial score (nSPS) is 9.83. The molecule has 0 aliphatic heterocycles. The van der Waals surface area contributed by atoms with Crippen LogP contribution >= 0.6 is 0 Å². The molecule has 0 aliphatic carbocycles. The van der Waals surface area contributed by atoms with E-state index >= 15 is 0 Å². The number of Topliss-reactive ketones (excluding diaryl/α,β-unsaturated/α-hetero) is 1. The van der Waals surface area contributed by atoms with E-state index in [4.69, 9.17) is 11.1 Å². The molecule has 4 N–H and O–H groups in total. The minimum Gasteiger partial charge on any atom is -0.385 e. The first-order valence-electron chi connectivity index (χ1n) is 3.57. The Bertz CT molecular complexity index is 338. The monoisotopic (exact) mass is 165 g/mol. The van der Waals surface area contributed by atoms with Gasteiger partial charge >= 0.3 is 0 Å². The quantitative estimate of drug-likeness (QED) is 0.454. The smallest absolute Gasteiger partial charge is 0.162 e. The van der Waals surface area contributed by atoms with Gasteiger partial charge in [-0.1, -0.05) is 0 Å². The maximum atomic E-state index is 11.0. The van der Waals surface area contributed by atoms with Gasteiger partial charge in [0.1, 0.15) is 5.82 Å². The van der Waals surface area contributed by atoms with Gasteiger partial charge in [-0.2, -0.15) is 0 Å². The number of nitrogens with one attached hydrogen (secondary N) is 2. The SMILES string of the molecule is CC(=N)c1c(C(C)=O)c[nH]c1N. The van der Waals surface area contributed by atoms with Crippen LogP contribution in [0.25, 0.3) is 0 Å². The van der Waals surface area contributed by atoms with Crippen molar-refractivity contribution in [1.29, 1.82) is 5.41 Å². The third kappa shape index (κ3) is 1.23. The van der Waals surface area contributed by atoms with Crippen molar-refractivity contribution in [2.75, 3.05) is 5.73 Å². The Labute approximate surface area is 70.3 Å². The minimum absolute atomic E-state index is 0.0791. The second-order valence-electron chi connectivity index (χ2n) is 2.67. The van der Waals surface area contributed by atoms with E-state index in [9.17, 15) is 4.79 Å². The molecular formula is C8H11N3O. The lowest BCUT2D eigenvalue weighted by molar-refractivity contribution is 0.101. The molecule has 1 heterocycles. The summed E-state index contributed by atoms with van der Waals surface area (Å²) in [5.41, 5.74) is 6.84. The molecule has 0 amide bonds. The number of hydrogen-bond donors (Lipinski definition) is 3. The first-order valence-corrected chi connectivity index (χ1v) is 3.57. The Morgan fingerprint density at radius 3 is 2.50 bits per heavy atom. The first kappa shape index (κ1) is 8.52. The Morgan fingerprint density at radius 1 is 1.58 bits per heavy atom. The van der Waals surface area contributed by atoms with Crippen LogP contribution in [0.4, 0.5) is 5.82 Å². The van der Waals surface area contributed by atoms with Crippen LogP contribution in [0.15, 0.2) is 6.20 Å². The highest BCUT2D eigenvalue weighted by Gasteiger charge is 2.13. The molecule has 1 aromatic heterocycles. The van der Waals surface area contributed by atoms with E-state index in [0.717, 1.165) is 0 Å². The molecule has 0 fully saturated rings. The number of aromatic nitrogens is 1. The zero-order valence-corrected chi connectivity index (χ0v) is 7.06. The third-order valence-corrected chi connectivity index (χ3v) is 1.66. The first-order chi connectivity index (χ1) is 5.54. The number of aromatic amines is 1. The molecular weight excluding hydrogens is 154 g/mol. The fraction of sp³-hybridized carbons (Fsp3) is 0.250. The van der Waals surface area contributed by atoms with Crippen LogP contribution in [0.2, 0.25) is 0 Å². The van der Waals surface area contributed by atoms with Gasteiger partial charge in [-0.15, -0.1) is 0 Å². The Kier molecular flexibility index (Phi) is 1.99. The van der Waals surface area contributed by atoms with Crippen molar-refractivity contribution in [3.05, 3.63) is 17.3 Å². The number of rotatable bonds is 2. The van der Waals surface area contributed by atoms with Crippen molar-refractivity contribution in [2.45, 2.75) is 13.8 Å². The zero-order chi connectivity index (χ0) is 9.30. The zero-order valence-electron chi connectivity index (χ0n) is 7.06. The lowest BCUT2D eigenvalue weighted by Gasteiger charge is -1.98. The summed E-state index contributed by atoms with van der Waals surface area (Å²) in [5, 5.41) is 7.37. The van der Waals surface area contributed by atoms with Crippen LogP contribution in [0.5, 0.6) is 0 Å². The van der Waals surface area contributed by atoms with E-state index in [1.165, 1.54) is 13.1 Å². The van der Waals surface area contributed by atoms with E-state index in [1.807, 2.05) is 0 Å². The van der Waals surface area contributed by atoms with Gasteiger partial charge in [-0.05, 0) is 13.8 Å². The highest BCUT2D eigenvalue weighted by atomic mass is 16.1. The fourth-order valence-electron chi connectivity index (χ4n) is 1.12. The molecule has 0 spiro atoms. The summed E-state index contributed by atoms with van der Waals surface area (Å²) in [6.45, 7) is 3.06. The van der Waals surface area contributed by atoms with Crippen LogP contribution in [-0.4, -0.2) is 16.5 Å². The van der Waals surface area contributed by atoms with Gasteiger partial charge in [0, 0.05) is 23.0 Å². The second-order valence-corrected chi connectivity index (χ2v) is 2.67. The number of nitrogens with two attached hydrogens (primary N) is 1. The van der Waals surface area contributed by atoms with Gasteiger partial charge in [-0.3, -0.25) is 4.79 Å². The maximum absolute atomic E-state index is 11.0. The largest absolute Gasteiger partial charge is 0.385 e. The second kappa shape index (κ2) is 2.81. The number of hydrogen-bond acceptors (Lipinski definition) is 3. The summed E-state index contributed by atoms with van der Waals surface area (Å²) >= 11 is 0. The van der Waals surface area contributed by atoms with Crippen molar-refractivity contribution >= 4 is 17.3 Å². The van der Waals surface area contributed by atoms with E-state index in [1.54, 1.807) is 6.92 Å². The molecule has 0 aliphatic rings. The highest BCUT2D eigenvalue weighted by molar-refractivity contribution is 6.11. The van der Waals surface area contributed by atoms with Crippen LogP contribution < -0.4 is 5.73 Å². The van der Waals surface area contributed by atoms with Crippen LogP contribution in [-0.2, 0) is 0 Å². The summed E-state index contributed by atoms with van der Waals surface area (Å²) in [7, 11) is 0. The average Bonchev–Trinajstić information content (AvgIpc) is 2.30. The number of carbonyl (C=O) groups excluding carboxylic acids is 1. The molecule has 4 nitrogen and oxygen atoms in total. The molecule has 0 saturated carbocycles. The van der Waals surface area contributed by atoms with Crippen molar-refractivity contribution in [1.82, 2.24) is 4.98 Å². The summed E-state index contributed by atoms with van der Waals surface area (Å²) in [6, 6.07) is 0.